The molecule has 34 heavy (non-hydrogen) atoms. The van der Waals surface area contributed by atoms with Crippen LogP contribution >= 0.6 is 63.7 Å². The summed E-state index contributed by atoms with van der Waals surface area (Å²) < 4.78 is 1.74. The van der Waals surface area contributed by atoms with Crippen LogP contribution in [0.25, 0.3) is 0 Å². The number of rotatable bonds is 6. The van der Waals surface area contributed by atoms with E-state index in [1.807, 2.05) is 64.1 Å². The molecular weight excluding hydrogens is 696 g/mol. The van der Waals surface area contributed by atoms with Crippen LogP contribution in [-0.2, 0) is 0 Å². The SMILES string of the molecule is Cc1cccc(C)c1NC(=O)NCC(Br)=CBr.Cc1cccc(C)c1NC(=O)NCC(Br)=CBr. The second-order valence-corrected chi connectivity index (χ2v) is 10.2. The maximum absolute atomic E-state index is 11.7. The fourth-order valence-corrected chi connectivity index (χ4v) is 3.35. The predicted molar refractivity (Wildman–Crippen MR) is 158 cm³/mol. The Kier molecular flexibility index (Phi) is 14.4. The molecule has 0 saturated heterocycles. The summed E-state index contributed by atoms with van der Waals surface area (Å²) in [6.07, 6.45) is 0. The lowest BCUT2D eigenvalue weighted by atomic mass is 10.1. The number of amides is 4. The molecule has 2 rings (SSSR count). The molecule has 0 bridgehead atoms. The molecule has 2 aromatic rings. The monoisotopic (exact) mass is 720 g/mol. The summed E-state index contributed by atoms with van der Waals surface area (Å²) in [6, 6.07) is 11.4. The molecule has 0 unspecified atom stereocenters. The van der Waals surface area contributed by atoms with E-state index < -0.39 is 0 Å². The quantitative estimate of drug-likeness (QED) is 0.243. The van der Waals surface area contributed by atoms with Crippen molar-refractivity contribution in [2.45, 2.75) is 27.7 Å². The van der Waals surface area contributed by atoms with Gasteiger partial charge in [0.05, 0.1) is 13.1 Å². The topological polar surface area (TPSA) is 82.3 Å². The van der Waals surface area contributed by atoms with E-state index in [1.165, 1.54) is 0 Å². The average molecular weight is 724 g/mol. The summed E-state index contributed by atoms with van der Waals surface area (Å²) in [5, 5.41) is 11.2. The van der Waals surface area contributed by atoms with Gasteiger partial charge < -0.3 is 21.3 Å². The van der Waals surface area contributed by atoms with Crippen LogP contribution in [0.1, 0.15) is 22.3 Å². The third-order valence-electron chi connectivity index (χ3n) is 4.51. The summed E-state index contributed by atoms with van der Waals surface area (Å²) in [5.74, 6) is 0. The van der Waals surface area contributed by atoms with E-state index in [0.717, 1.165) is 42.6 Å². The molecule has 0 heterocycles. The Morgan fingerprint density at radius 2 is 0.971 bits per heavy atom. The zero-order valence-electron chi connectivity index (χ0n) is 19.4. The van der Waals surface area contributed by atoms with Gasteiger partial charge in [0.2, 0.25) is 0 Å². The largest absolute Gasteiger partial charge is 0.333 e. The van der Waals surface area contributed by atoms with Crippen molar-refractivity contribution >= 4 is 87.2 Å². The molecule has 6 nitrogen and oxygen atoms in total. The normalized spacial score (nSPS) is 11.2. The number of hydrogen-bond acceptors (Lipinski definition) is 2. The van der Waals surface area contributed by atoms with Crippen molar-refractivity contribution in [2.24, 2.45) is 0 Å². The van der Waals surface area contributed by atoms with Crippen LogP contribution in [0.5, 0.6) is 0 Å². The Bertz CT molecular complexity index is 931. The summed E-state index contributed by atoms with van der Waals surface area (Å²) >= 11 is 12.9. The second-order valence-electron chi connectivity index (χ2n) is 7.26. The number of nitrogens with one attached hydrogen (secondary N) is 4. The van der Waals surface area contributed by atoms with E-state index in [1.54, 1.807) is 9.97 Å². The first-order valence-electron chi connectivity index (χ1n) is 10.2. The smallest absolute Gasteiger partial charge is 0.319 e. The van der Waals surface area contributed by atoms with Gasteiger partial charge in [-0.3, -0.25) is 0 Å². The molecule has 184 valence electrons. The minimum absolute atomic E-state index is 0.214. The molecule has 10 heteroatoms. The van der Waals surface area contributed by atoms with Gasteiger partial charge in [-0.15, -0.1) is 0 Å². The highest BCUT2D eigenvalue weighted by atomic mass is 79.9. The van der Waals surface area contributed by atoms with Crippen LogP contribution < -0.4 is 21.3 Å². The average Bonchev–Trinajstić information content (AvgIpc) is 2.81. The molecule has 0 aliphatic carbocycles. The predicted octanol–water partition coefficient (Wildman–Crippen LogP) is 8.11. The first-order valence-corrected chi connectivity index (χ1v) is 13.6. The molecular formula is C24H28Br4N4O2. The molecule has 4 N–H and O–H groups in total. The number of para-hydroxylation sites is 2. The molecule has 0 fully saturated rings. The molecule has 0 aliphatic heterocycles. The highest BCUT2D eigenvalue weighted by molar-refractivity contribution is 9.14. The lowest BCUT2D eigenvalue weighted by Crippen LogP contribution is -2.30. The molecule has 0 saturated carbocycles. The van der Waals surface area contributed by atoms with E-state index in [9.17, 15) is 9.59 Å². The lowest BCUT2D eigenvalue weighted by Gasteiger charge is -2.12. The molecule has 0 aliphatic rings. The third kappa shape index (κ3) is 11.2. The van der Waals surface area contributed by atoms with Crippen molar-refractivity contribution in [3.8, 4) is 0 Å². The highest BCUT2D eigenvalue weighted by Crippen LogP contribution is 2.20. The second kappa shape index (κ2) is 16.1. The van der Waals surface area contributed by atoms with Gasteiger partial charge in [0.1, 0.15) is 0 Å². The Morgan fingerprint density at radius 3 is 1.24 bits per heavy atom. The first-order chi connectivity index (χ1) is 16.1. The van der Waals surface area contributed by atoms with Crippen molar-refractivity contribution in [2.75, 3.05) is 23.7 Å². The van der Waals surface area contributed by atoms with Crippen LogP contribution in [0.3, 0.4) is 0 Å². The third-order valence-corrected chi connectivity index (χ3v) is 7.86. The number of urea groups is 2. The van der Waals surface area contributed by atoms with Gasteiger partial charge >= 0.3 is 12.1 Å². The molecule has 0 aromatic heterocycles. The van der Waals surface area contributed by atoms with Gasteiger partial charge in [0.25, 0.3) is 0 Å². The van der Waals surface area contributed by atoms with Gasteiger partial charge in [0.15, 0.2) is 0 Å². The number of carbonyl (C=O) groups excluding carboxylic acids is 2. The van der Waals surface area contributed by atoms with Gasteiger partial charge in [0, 0.05) is 20.3 Å². The maximum atomic E-state index is 11.7. The van der Waals surface area contributed by atoms with E-state index >= 15 is 0 Å². The number of carbonyl (C=O) groups is 2. The zero-order valence-corrected chi connectivity index (χ0v) is 25.7. The fourth-order valence-electron chi connectivity index (χ4n) is 2.75. The van der Waals surface area contributed by atoms with Crippen LogP contribution in [0, 0.1) is 27.7 Å². The van der Waals surface area contributed by atoms with Crippen molar-refractivity contribution in [1.82, 2.24) is 10.6 Å². The van der Waals surface area contributed by atoms with E-state index in [4.69, 9.17) is 0 Å². The fraction of sp³-hybridized carbons (Fsp3) is 0.250. The number of halogens is 4. The van der Waals surface area contributed by atoms with Crippen molar-refractivity contribution in [3.63, 3.8) is 0 Å². The van der Waals surface area contributed by atoms with Crippen molar-refractivity contribution < 1.29 is 9.59 Å². The number of anilines is 2. The van der Waals surface area contributed by atoms with E-state index in [2.05, 4.69) is 85.0 Å². The number of aryl methyl sites for hydroxylation is 4. The van der Waals surface area contributed by atoms with Crippen LogP contribution in [-0.4, -0.2) is 25.2 Å². The van der Waals surface area contributed by atoms with E-state index in [0.29, 0.717) is 13.1 Å². The van der Waals surface area contributed by atoms with Gasteiger partial charge in [-0.05, 0) is 59.9 Å². The van der Waals surface area contributed by atoms with Crippen molar-refractivity contribution in [1.29, 1.82) is 0 Å². The first kappa shape index (κ1) is 30.4. The summed E-state index contributed by atoms with van der Waals surface area (Å²) in [4.78, 5) is 26.7. The Balaban J connectivity index is 0.000000340. The summed E-state index contributed by atoms with van der Waals surface area (Å²) in [5.41, 5.74) is 5.93. The molecule has 0 spiro atoms. The summed E-state index contributed by atoms with van der Waals surface area (Å²) in [6.45, 7) is 8.77. The van der Waals surface area contributed by atoms with Crippen molar-refractivity contribution in [3.05, 3.63) is 77.6 Å². The molecule has 2 aromatic carbocycles. The minimum atomic E-state index is -0.214. The zero-order chi connectivity index (χ0) is 25.7. The maximum Gasteiger partial charge on any atom is 0.319 e. The highest BCUT2D eigenvalue weighted by Gasteiger charge is 2.07. The Labute approximate surface area is 234 Å². The van der Waals surface area contributed by atoms with Gasteiger partial charge in [-0.1, -0.05) is 100 Å². The van der Waals surface area contributed by atoms with E-state index in [-0.39, 0.29) is 12.1 Å². The minimum Gasteiger partial charge on any atom is -0.333 e. The van der Waals surface area contributed by atoms with Gasteiger partial charge in [-0.2, -0.15) is 0 Å². The van der Waals surface area contributed by atoms with Crippen LogP contribution in [0.15, 0.2) is 55.3 Å². The van der Waals surface area contributed by atoms with Gasteiger partial charge in [-0.25, -0.2) is 9.59 Å². The molecule has 0 atom stereocenters. The lowest BCUT2D eigenvalue weighted by molar-refractivity contribution is 0.252. The van der Waals surface area contributed by atoms with Crippen LogP contribution in [0.2, 0.25) is 0 Å². The Hall–Kier alpha value is -1.62. The standard InChI is InChI=1S/2C12H14Br2N2O/c2*1-8-4-3-5-9(2)11(8)16-12(17)15-7-10(14)6-13/h2*3-6H,7H2,1-2H3,(H2,15,16,17). The van der Waals surface area contributed by atoms with Crippen LogP contribution in [0.4, 0.5) is 21.0 Å². The molecule has 4 amide bonds. The summed E-state index contributed by atoms with van der Waals surface area (Å²) in [7, 11) is 0. The number of benzene rings is 2. The Morgan fingerprint density at radius 1 is 0.676 bits per heavy atom. The number of hydrogen-bond donors (Lipinski definition) is 4. The molecule has 0 radical (unpaired) electrons.